The first kappa shape index (κ1) is 11.5. The molecule has 1 fully saturated rings. The van der Waals surface area contributed by atoms with E-state index < -0.39 is 0 Å². The van der Waals surface area contributed by atoms with E-state index in [-0.39, 0.29) is 0 Å². The smallest absolute Gasteiger partial charge is 0.0394 e. The van der Waals surface area contributed by atoms with E-state index in [1.807, 2.05) is 0 Å². The van der Waals surface area contributed by atoms with Crippen LogP contribution < -0.4 is 10.2 Å². The average Bonchev–Trinajstić information content (AvgIpc) is 2.30. The van der Waals surface area contributed by atoms with Crippen LogP contribution in [0.5, 0.6) is 0 Å². The first-order valence-corrected chi connectivity index (χ1v) is 6.20. The van der Waals surface area contributed by atoms with Gasteiger partial charge in [0.15, 0.2) is 0 Å². The van der Waals surface area contributed by atoms with Crippen molar-refractivity contribution in [3.05, 3.63) is 29.3 Å². The number of anilines is 1. The van der Waals surface area contributed by atoms with E-state index in [0.717, 1.165) is 6.54 Å². The van der Waals surface area contributed by atoms with Gasteiger partial charge in [-0.3, -0.25) is 0 Å². The van der Waals surface area contributed by atoms with Gasteiger partial charge in [0.05, 0.1) is 0 Å². The zero-order valence-electron chi connectivity index (χ0n) is 10.6. The van der Waals surface area contributed by atoms with Crippen molar-refractivity contribution in [2.24, 2.45) is 0 Å². The van der Waals surface area contributed by atoms with Gasteiger partial charge in [-0.2, -0.15) is 0 Å². The minimum atomic E-state index is 0.563. The first-order valence-electron chi connectivity index (χ1n) is 6.20. The molecule has 1 unspecified atom stereocenters. The van der Waals surface area contributed by atoms with Crippen molar-refractivity contribution in [2.75, 3.05) is 25.5 Å². The Morgan fingerprint density at radius 2 is 2.06 bits per heavy atom. The molecule has 1 saturated heterocycles. The van der Waals surface area contributed by atoms with Crippen LogP contribution in [-0.4, -0.2) is 20.6 Å². The maximum absolute atomic E-state index is 3.60. The van der Waals surface area contributed by atoms with Gasteiger partial charge in [0.1, 0.15) is 0 Å². The predicted octanol–water partition coefficient (Wildman–Crippen LogP) is 2.88. The van der Waals surface area contributed by atoms with Crippen LogP contribution in [0.3, 0.4) is 0 Å². The molecule has 2 rings (SSSR count). The molecule has 1 N–H and O–H groups in total. The van der Waals surface area contributed by atoms with Crippen molar-refractivity contribution >= 4 is 5.69 Å². The van der Waals surface area contributed by atoms with E-state index in [9.17, 15) is 0 Å². The number of nitrogens with zero attached hydrogens (tertiary/aromatic N) is 1. The van der Waals surface area contributed by atoms with Gasteiger partial charge >= 0.3 is 0 Å². The third kappa shape index (κ3) is 2.38. The highest BCUT2D eigenvalue weighted by Crippen LogP contribution is 2.27. The summed E-state index contributed by atoms with van der Waals surface area (Å²) in [7, 11) is 4.22. The molecule has 2 nitrogen and oxygen atoms in total. The maximum atomic E-state index is 3.60. The second-order valence-electron chi connectivity index (χ2n) is 4.94. The largest absolute Gasteiger partial charge is 0.377 e. The lowest BCUT2D eigenvalue weighted by Crippen LogP contribution is -2.27. The fourth-order valence-corrected chi connectivity index (χ4v) is 2.46. The predicted molar refractivity (Wildman–Crippen MR) is 70.1 cm³/mol. The maximum Gasteiger partial charge on any atom is 0.0394 e. The molecule has 0 spiro atoms. The van der Waals surface area contributed by atoms with E-state index in [1.165, 1.54) is 36.1 Å². The Bertz CT molecular complexity index is 352. The molecule has 0 bridgehead atoms. The van der Waals surface area contributed by atoms with Crippen LogP contribution in [0.25, 0.3) is 0 Å². The van der Waals surface area contributed by atoms with E-state index in [1.54, 1.807) is 0 Å². The summed E-state index contributed by atoms with van der Waals surface area (Å²) in [6.45, 7) is 3.34. The molecule has 0 amide bonds. The van der Waals surface area contributed by atoms with Crippen molar-refractivity contribution < 1.29 is 0 Å². The molecule has 1 aliphatic heterocycles. The number of nitrogens with one attached hydrogen (secondary N) is 1. The number of aryl methyl sites for hydroxylation is 1. The average molecular weight is 218 g/mol. The highest BCUT2D eigenvalue weighted by atomic mass is 15.1. The SMILES string of the molecule is Cc1ccc(C2CCCCN2)cc1N(C)C. The molecule has 2 heteroatoms. The van der Waals surface area contributed by atoms with Crippen LogP contribution in [0, 0.1) is 6.92 Å². The number of benzene rings is 1. The molecule has 1 aromatic carbocycles. The van der Waals surface area contributed by atoms with Gasteiger partial charge in [-0.25, -0.2) is 0 Å². The fraction of sp³-hybridized carbons (Fsp3) is 0.571. The third-order valence-electron chi connectivity index (χ3n) is 3.43. The molecule has 88 valence electrons. The van der Waals surface area contributed by atoms with Crippen molar-refractivity contribution in [1.82, 2.24) is 5.32 Å². The van der Waals surface area contributed by atoms with Crippen LogP contribution in [0.1, 0.15) is 36.4 Å². The minimum Gasteiger partial charge on any atom is -0.377 e. The molecule has 1 atom stereocenters. The standard InChI is InChI=1S/C14H22N2/c1-11-7-8-12(10-14(11)16(2)3)13-6-4-5-9-15-13/h7-8,10,13,15H,4-6,9H2,1-3H3. The first-order chi connectivity index (χ1) is 7.68. The number of hydrogen-bond donors (Lipinski definition) is 1. The molecule has 1 heterocycles. The minimum absolute atomic E-state index is 0.563. The summed E-state index contributed by atoms with van der Waals surface area (Å²) in [5.74, 6) is 0. The highest BCUT2D eigenvalue weighted by molar-refractivity contribution is 5.54. The number of hydrogen-bond acceptors (Lipinski definition) is 2. The fourth-order valence-electron chi connectivity index (χ4n) is 2.46. The Morgan fingerprint density at radius 1 is 1.25 bits per heavy atom. The summed E-state index contributed by atoms with van der Waals surface area (Å²) in [6, 6.07) is 7.40. The Morgan fingerprint density at radius 3 is 2.69 bits per heavy atom. The van der Waals surface area contributed by atoms with Gasteiger partial charge < -0.3 is 10.2 Å². The summed E-state index contributed by atoms with van der Waals surface area (Å²) >= 11 is 0. The molecular weight excluding hydrogens is 196 g/mol. The zero-order valence-corrected chi connectivity index (χ0v) is 10.6. The Hall–Kier alpha value is -1.02. The van der Waals surface area contributed by atoms with E-state index in [2.05, 4.69) is 49.4 Å². The van der Waals surface area contributed by atoms with E-state index in [4.69, 9.17) is 0 Å². The highest BCUT2D eigenvalue weighted by Gasteiger charge is 2.15. The second-order valence-corrected chi connectivity index (χ2v) is 4.94. The number of piperidine rings is 1. The molecule has 0 aliphatic carbocycles. The molecule has 1 aliphatic rings. The van der Waals surface area contributed by atoms with Crippen LogP contribution in [-0.2, 0) is 0 Å². The van der Waals surface area contributed by atoms with Gasteiger partial charge in [-0.15, -0.1) is 0 Å². The van der Waals surface area contributed by atoms with Gasteiger partial charge in [0.2, 0.25) is 0 Å². The second kappa shape index (κ2) is 4.88. The van der Waals surface area contributed by atoms with Crippen molar-refractivity contribution in [3.8, 4) is 0 Å². The normalized spacial score (nSPS) is 20.8. The monoisotopic (exact) mass is 218 g/mol. The Kier molecular flexibility index (Phi) is 3.49. The number of rotatable bonds is 2. The Balaban J connectivity index is 2.24. The van der Waals surface area contributed by atoms with Crippen molar-refractivity contribution in [2.45, 2.75) is 32.2 Å². The van der Waals surface area contributed by atoms with Crippen LogP contribution >= 0.6 is 0 Å². The van der Waals surface area contributed by atoms with Crippen LogP contribution in [0.15, 0.2) is 18.2 Å². The molecule has 16 heavy (non-hydrogen) atoms. The van der Waals surface area contributed by atoms with Crippen LogP contribution in [0.2, 0.25) is 0 Å². The molecule has 0 saturated carbocycles. The zero-order chi connectivity index (χ0) is 11.5. The quantitative estimate of drug-likeness (QED) is 0.821. The summed E-state index contributed by atoms with van der Waals surface area (Å²) in [4.78, 5) is 2.20. The molecule has 0 aromatic heterocycles. The lowest BCUT2D eigenvalue weighted by Gasteiger charge is -2.25. The van der Waals surface area contributed by atoms with Gasteiger partial charge in [0, 0.05) is 25.8 Å². The lowest BCUT2D eigenvalue weighted by molar-refractivity contribution is 0.412. The van der Waals surface area contributed by atoms with Crippen molar-refractivity contribution in [3.63, 3.8) is 0 Å². The van der Waals surface area contributed by atoms with Crippen molar-refractivity contribution in [1.29, 1.82) is 0 Å². The van der Waals surface area contributed by atoms with E-state index >= 15 is 0 Å². The lowest BCUT2D eigenvalue weighted by atomic mass is 9.96. The third-order valence-corrected chi connectivity index (χ3v) is 3.43. The topological polar surface area (TPSA) is 15.3 Å². The summed E-state index contributed by atoms with van der Waals surface area (Å²) in [5.41, 5.74) is 4.13. The molecule has 0 radical (unpaired) electrons. The Labute approximate surface area is 98.7 Å². The van der Waals surface area contributed by atoms with Crippen LogP contribution in [0.4, 0.5) is 5.69 Å². The molecule has 1 aromatic rings. The summed E-state index contributed by atoms with van der Waals surface area (Å²) < 4.78 is 0. The van der Waals surface area contributed by atoms with Gasteiger partial charge in [-0.1, -0.05) is 18.6 Å². The van der Waals surface area contributed by atoms with E-state index in [0.29, 0.717) is 6.04 Å². The molecular formula is C14H22N2. The van der Waals surface area contributed by atoms with Gasteiger partial charge in [-0.05, 0) is 43.5 Å². The summed E-state index contributed by atoms with van der Waals surface area (Å²) in [6.07, 6.45) is 3.95. The van der Waals surface area contributed by atoms with Gasteiger partial charge in [0.25, 0.3) is 0 Å². The summed E-state index contributed by atoms with van der Waals surface area (Å²) in [5, 5.41) is 3.60.